The molecule has 0 bridgehead atoms. The van der Waals surface area contributed by atoms with E-state index >= 15 is 0 Å². The van der Waals surface area contributed by atoms with E-state index in [9.17, 15) is 0 Å². The third kappa shape index (κ3) is 4.62. The second kappa shape index (κ2) is 7.81. The van der Waals surface area contributed by atoms with Crippen molar-refractivity contribution in [3.63, 3.8) is 0 Å². The van der Waals surface area contributed by atoms with Gasteiger partial charge in [-0.05, 0) is 50.1 Å². The Balaban J connectivity index is 1.60. The van der Waals surface area contributed by atoms with Gasteiger partial charge in [0.2, 0.25) is 0 Å². The van der Waals surface area contributed by atoms with Gasteiger partial charge in [0.15, 0.2) is 0 Å². The molecular weight excluding hydrogens is 242 g/mol. The topological polar surface area (TPSA) is 12.0 Å². The standard InChI is InChI=1S/C16H24ClN/c17-13-15-8-4-10-16(12-15)18-11-5-9-14-6-2-1-3-7-14/h1-3,6-7,15-16,18H,4-5,8-13H2. The van der Waals surface area contributed by atoms with E-state index in [2.05, 4.69) is 35.6 Å². The van der Waals surface area contributed by atoms with Gasteiger partial charge < -0.3 is 5.32 Å². The first-order valence-corrected chi connectivity index (χ1v) is 7.75. The third-order valence-electron chi connectivity index (χ3n) is 3.92. The summed E-state index contributed by atoms with van der Waals surface area (Å²) in [5, 5.41) is 3.70. The van der Waals surface area contributed by atoms with Crippen LogP contribution in [0.2, 0.25) is 0 Å². The van der Waals surface area contributed by atoms with E-state index in [1.54, 1.807) is 0 Å². The zero-order valence-electron chi connectivity index (χ0n) is 11.1. The number of halogens is 1. The number of hydrogen-bond acceptors (Lipinski definition) is 1. The summed E-state index contributed by atoms with van der Waals surface area (Å²) in [7, 11) is 0. The normalized spacial score (nSPS) is 24.1. The number of benzene rings is 1. The Labute approximate surface area is 116 Å². The number of hydrogen-bond donors (Lipinski definition) is 1. The first-order valence-electron chi connectivity index (χ1n) is 7.21. The Bertz CT molecular complexity index is 325. The minimum Gasteiger partial charge on any atom is -0.314 e. The first kappa shape index (κ1) is 13.9. The molecule has 0 amide bonds. The Hall–Kier alpha value is -0.530. The van der Waals surface area contributed by atoms with Gasteiger partial charge in [0.1, 0.15) is 0 Å². The lowest BCUT2D eigenvalue weighted by Gasteiger charge is -2.28. The van der Waals surface area contributed by atoms with E-state index in [0.29, 0.717) is 6.04 Å². The molecule has 1 saturated carbocycles. The third-order valence-corrected chi connectivity index (χ3v) is 4.36. The quantitative estimate of drug-likeness (QED) is 0.605. The summed E-state index contributed by atoms with van der Waals surface area (Å²) in [6, 6.07) is 11.5. The molecule has 100 valence electrons. The molecule has 2 rings (SSSR count). The molecule has 1 nitrogen and oxygen atoms in total. The SMILES string of the molecule is ClCC1CCCC(NCCCc2ccccc2)C1. The zero-order chi connectivity index (χ0) is 12.6. The Morgan fingerprint density at radius 3 is 2.78 bits per heavy atom. The maximum atomic E-state index is 5.96. The van der Waals surface area contributed by atoms with Crippen molar-refractivity contribution in [3.8, 4) is 0 Å². The van der Waals surface area contributed by atoms with Crippen molar-refractivity contribution >= 4 is 11.6 Å². The summed E-state index contributed by atoms with van der Waals surface area (Å²) in [5.74, 6) is 1.58. The molecule has 1 aromatic rings. The van der Waals surface area contributed by atoms with Gasteiger partial charge in [-0.3, -0.25) is 0 Å². The van der Waals surface area contributed by atoms with Crippen LogP contribution in [-0.2, 0) is 6.42 Å². The lowest BCUT2D eigenvalue weighted by atomic mass is 9.87. The Morgan fingerprint density at radius 2 is 2.00 bits per heavy atom. The van der Waals surface area contributed by atoms with Crippen LogP contribution in [0.3, 0.4) is 0 Å². The lowest BCUT2D eigenvalue weighted by Crippen LogP contribution is -2.35. The van der Waals surface area contributed by atoms with Crippen LogP contribution in [0.4, 0.5) is 0 Å². The molecule has 0 spiro atoms. The van der Waals surface area contributed by atoms with E-state index in [0.717, 1.165) is 18.3 Å². The fourth-order valence-electron chi connectivity index (χ4n) is 2.86. The molecule has 1 aliphatic rings. The van der Waals surface area contributed by atoms with Gasteiger partial charge >= 0.3 is 0 Å². The molecule has 1 N–H and O–H groups in total. The van der Waals surface area contributed by atoms with Crippen molar-refractivity contribution in [2.75, 3.05) is 12.4 Å². The van der Waals surface area contributed by atoms with Crippen LogP contribution in [0.15, 0.2) is 30.3 Å². The number of rotatable bonds is 6. The smallest absolute Gasteiger partial charge is 0.0252 e. The van der Waals surface area contributed by atoms with Gasteiger partial charge in [-0.25, -0.2) is 0 Å². The minimum absolute atomic E-state index is 0.707. The maximum Gasteiger partial charge on any atom is 0.0252 e. The number of aryl methyl sites for hydroxylation is 1. The van der Waals surface area contributed by atoms with Crippen molar-refractivity contribution in [1.82, 2.24) is 5.32 Å². The fraction of sp³-hybridized carbons (Fsp3) is 0.625. The number of alkyl halides is 1. The second-order valence-corrected chi connectivity index (χ2v) is 5.74. The first-order chi connectivity index (χ1) is 8.88. The summed E-state index contributed by atoms with van der Waals surface area (Å²) in [5.41, 5.74) is 1.45. The van der Waals surface area contributed by atoms with Gasteiger partial charge in [0, 0.05) is 11.9 Å². The molecule has 2 atom stereocenters. The maximum absolute atomic E-state index is 5.96. The molecule has 1 aliphatic carbocycles. The highest BCUT2D eigenvalue weighted by atomic mass is 35.5. The average Bonchev–Trinajstić information content (AvgIpc) is 2.45. The molecule has 1 aromatic carbocycles. The van der Waals surface area contributed by atoms with Gasteiger partial charge in [-0.1, -0.05) is 36.8 Å². The second-order valence-electron chi connectivity index (χ2n) is 5.43. The fourth-order valence-corrected chi connectivity index (χ4v) is 3.14. The summed E-state index contributed by atoms with van der Waals surface area (Å²) in [4.78, 5) is 0. The van der Waals surface area contributed by atoms with Gasteiger partial charge in [-0.2, -0.15) is 0 Å². The predicted octanol–water partition coefficient (Wildman–Crippen LogP) is 4.01. The molecule has 0 saturated heterocycles. The molecule has 18 heavy (non-hydrogen) atoms. The Kier molecular flexibility index (Phi) is 6.02. The van der Waals surface area contributed by atoms with Gasteiger partial charge in [0.05, 0.1) is 0 Å². The summed E-state index contributed by atoms with van der Waals surface area (Å²) in [6.45, 7) is 1.13. The molecule has 2 heteroatoms. The van der Waals surface area contributed by atoms with Crippen molar-refractivity contribution in [1.29, 1.82) is 0 Å². The molecule has 1 fully saturated rings. The van der Waals surface area contributed by atoms with Crippen LogP contribution in [-0.4, -0.2) is 18.5 Å². The summed E-state index contributed by atoms with van der Waals surface area (Å²) < 4.78 is 0. The monoisotopic (exact) mass is 265 g/mol. The van der Waals surface area contributed by atoms with Crippen molar-refractivity contribution in [3.05, 3.63) is 35.9 Å². The van der Waals surface area contributed by atoms with Crippen LogP contribution in [0.5, 0.6) is 0 Å². The Morgan fingerprint density at radius 1 is 1.17 bits per heavy atom. The zero-order valence-corrected chi connectivity index (χ0v) is 11.8. The largest absolute Gasteiger partial charge is 0.314 e. The molecule has 0 heterocycles. The lowest BCUT2D eigenvalue weighted by molar-refractivity contribution is 0.304. The highest BCUT2D eigenvalue weighted by Crippen LogP contribution is 2.25. The van der Waals surface area contributed by atoms with E-state index < -0.39 is 0 Å². The van der Waals surface area contributed by atoms with E-state index in [4.69, 9.17) is 11.6 Å². The van der Waals surface area contributed by atoms with Crippen LogP contribution >= 0.6 is 11.6 Å². The summed E-state index contributed by atoms with van der Waals surface area (Å²) in [6.07, 6.45) is 7.68. The van der Waals surface area contributed by atoms with Crippen LogP contribution in [0, 0.1) is 5.92 Å². The van der Waals surface area contributed by atoms with Gasteiger partial charge in [-0.15, -0.1) is 11.6 Å². The summed E-state index contributed by atoms with van der Waals surface area (Å²) >= 11 is 5.96. The van der Waals surface area contributed by atoms with E-state index in [-0.39, 0.29) is 0 Å². The van der Waals surface area contributed by atoms with Gasteiger partial charge in [0.25, 0.3) is 0 Å². The minimum atomic E-state index is 0.707. The number of nitrogens with one attached hydrogen (secondary N) is 1. The van der Waals surface area contributed by atoms with Crippen molar-refractivity contribution < 1.29 is 0 Å². The van der Waals surface area contributed by atoms with E-state index in [1.165, 1.54) is 44.1 Å². The van der Waals surface area contributed by atoms with Crippen LogP contribution < -0.4 is 5.32 Å². The average molecular weight is 266 g/mol. The van der Waals surface area contributed by atoms with Crippen LogP contribution in [0.25, 0.3) is 0 Å². The molecule has 0 aromatic heterocycles. The van der Waals surface area contributed by atoms with Crippen molar-refractivity contribution in [2.45, 2.75) is 44.6 Å². The highest BCUT2D eigenvalue weighted by molar-refractivity contribution is 6.18. The van der Waals surface area contributed by atoms with E-state index in [1.807, 2.05) is 0 Å². The van der Waals surface area contributed by atoms with Crippen LogP contribution in [0.1, 0.15) is 37.7 Å². The molecule has 2 unspecified atom stereocenters. The molecule has 0 radical (unpaired) electrons. The van der Waals surface area contributed by atoms with Crippen molar-refractivity contribution in [2.24, 2.45) is 5.92 Å². The highest BCUT2D eigenvalue weighted by Gasteiger charge is 2.20. The predicted molar refractivity (Wildman–Crippen MR) is 79.2 cm³/mol. The molecular formula is C16H24ClN. The molecule has 0 aliphatic heterocycles.